The molecule has 19 heavy (non-hydrogen) atoms. The maximum atomic E-state index is 12.0. The van der Waals surface area contributed by atoms with Crippen LogP contribution in [0, 0.1) is 0 Å². The summed E-state index contributed by atoms with van der Waals surface area (Å²) < 4.78 is 5.74. The molecule has 1 saturated heterocycles. The minimum absolute atomic E-state index is 0.221. The summed E-state index contributed by atoms with van der Waals surface area (Å²) in [5.41, 5.74) is 0. The predicted octanol–water partition coefficient (Wildman–Crippen LogP) is 1.51. The molecule has 6 nitrogen and oxygen atoms in total. The topological polar surface area (TPSA) is 78.9 Å². The van der Waals surface area contributed by atoms with Gasteiger partial charge in [-0.2, -0.15) is 0 Å². The Bertz CT molecular complexity index is 493. The van der Waals surface area contributed by atoms with E-state index in [1.54, 1.807) is 12.1 Å². The summed E-state index contributed by atoms with van der Waals surface area (Å²) in [6, 6.07) is 2.93. The standard InChI is InChI=1S/C11H13ClN2O4S/c1-18-7-5-14(11(16)17)4-6(7)13-10(15)8-2-3-9(12)19-8/h2-3,6-7H,4-5H2,1H3,(H,13,15)(H,16,17)/t6-,7-/m1/s1. The summed E-state index contributed by atoms with van der Waals surface area (Å²) >= 11 is 6.95. The molecule has 2 N–H and O–H groups in total. The van der Waals surface area contributed by atoms with Gasteiger partial charge in [0.05, 0.1) is 27.9 Å². The molecule has 1 aliphatic heterocycles. The number of carbonyl (C=O) groups is 2. The quantitative estimate of drug-likeness (QED) is 0.887. The molecule has 0 radical (unpaired) electrons. The maximum Gasteiger partial charge on any atom is 0.407 e. The van der Waals surface area contributed by atoms with Gasteiger partial charge in [0.25, 0.3) is 5.91 Å². The minimum atomic E-state index is -1.02. The zero-order valence-electron chi connectivity index (χ0n) is 10.1. The Balaban J connectivity index is 2.01. The fourth-order valence-corrected chi connectivity index (χ4v) is 2.93. The molecule has 0 spiro atoms. The van der Waals surface area contributed by atoms with Crippen molar-refractivity contribution in [2.75, 3.05) is 20.2 Å². The largest absolute Gasteiger partial charge is 0.465 e. The third kappa shape index (κ3) is 3.17. The van der Waals surface area contributed by atoms with Gasteiger partial charge in [-0.05, 0) is 12.1 Å². The molecule has 1 aromatic heterocycles. The molecule has 2 rings (SSSR count). The van der Waals surface area contributed by atoms with Gasteiger partial charge in [0.1, 0.15) is 0 Å². The maximum absolute atomic E-state index is 12.0. The first kappa shape index (κ1) is 14.1. The normalized spacial score (nSPS) is 22.5. The van der Waals surface area contributed by atoms with Crippen LogP contribution in [0.5, 0.6) is 0 Å². The monoisotopic (exact) mass is 304 g/mol. The van der Waals surface area contributed by atoms with Crippen LogP contribution in [-0.2, 0) is 4.74 Å². The number of amides is 2. The number of rotatable bonds is 3. The van der Waals surface area contributed by atoms with Crippen molar-refractivity contribution >= 4 is 34.9 Å². The molecular formula is C11H13ClN2O4S. The predicted molar refractivity (Wildman–Crippen MR) is 71.0 cm³/mol. The molecule has 0 aromatic carbocycles. The van der Waals surface area contributed by atoms with Crippen LogP contribution in [0.1, 0.15) is 9.67 Å². The fraction of sp³-hybridized carbons (Fsp3) is 0.455. The average Bonchev–Trinajstić information content (AvgIpc) is 2.95. The highest BCUT2D eigenvalue weighted by Gasteiger charge is 2.36. The summed E-state index contributed by atoms with van der Waals surface area (Å²) in [6.45, 7) is 0.473. The molecule has 0 bridgehead atoms. The van der Waals surface area contributed by atoms with E-state index in [0.29, 0.717) is 9.21 Å². The molecule has 104 valence electrons. The molecule has 0 saturated carbocycles. The Hall–Kier alpha value is -1.31. The first-order chi connectivity index (χ1) is 9.01. The first-order valence-corrected chi connectivity index (χ1v) is 6.77. The number of carbonyl (C=O) groups excluding carboxylic acids is 1. The molecule has 0 unspecified atom stereocenters. The van der Waals surface area contributed by atoms with Crippen molar-refractivity contribution in [3.8, 4) is 0 Å². The Morgan fingerprint density at radius 1 is 1.53 bits per heavy atom. The lowest BCUT2D eigenvalue weighted by molar-refractivity contribution is 0.0761. The molecule has 1 aromatic rings. The van der Waals surface area contributed by atoms with Crippen molar-refractivity contribution in [1.82, 2.24) is 10.2 Å². The molecular weight excluding hydrogens is 292 g/mol. The van der Waals surface area contributed by atoms with E-state index in [-0.39, 0.29) is 31.1 Å². The summed E-state index contributed by atoms with van der Waals surface area (Å²) in [5, 5.41) is 11.7. The number of ether oxygens (including phenoxy) is 1. The number of halogens is 1. The first-order valence-electron chi connectivity index (χ1n) is 5.58. The van der Waals surface area contributed by atoms with E-state index in [0.717, 1.165) is 0 Å². The number of methoxy groups -OCH3 is 1. The molecule has 1 aliphatic rings. The van der Waals surface area contributed by atoms with Crippen LogP contribution in [0.15, 0.2) is 12.1 Å². The van der Waals surface area contributed by atoms with E-state index in [9.17, 15) is 9.59 Å². The van der Waals surface area contributed by atoms with E-state index >= 15 is 0 Å². The smallest absolute Gasteiger partial charge is 0.407 e. The second kappa shape index (κ2) is 5.77. The van der Waals surface area contributed by atoms with E-state index in [1.807, 2.05) is 0 Å². The van der Waals surface area contributed by atoms with Crippen molar-refractivity contribution < 1.29 is 19.4 Å². The summed E-state index contributed by atoms with van der Waals surface area (Å²) in [4.78, 5) is 24.6. The second-order valence-corrected chi connectivity index (χ2v) is 5.86. The highest BCUT2D eigenvalue weighted by Crippen LogP contribution is 2.22. The highest BCUT2D eigenvalue weighted by molar-refractivity contribution is 7.17. The zero-order chi connectivity index (χ0) is 14.0. The van der Waals surface area contributed by atoms with Gasteiger partial charge in [-0.15, -0.1) is 11.3 Å². The van der Waals surface area contributed by atoms with E-state index in [1.165, 1.54) is 23.3 Å². The number of hydrogen-bond donors (Lipinski definition) is 2. The van der Waals surface area contributed by atoms with Crippen LogP contribution in [0.4, 0.5) is 4.79 Å². The van der Waals surface area contributed by atoms with Crippen LogP contribution < -0.4 is 5.32 Å². The summed E-state index contributed by atoms with van der Waals surface area (Å²) in [5.74, 6) is -0.267. The van der Waals surface area contributed by atoms with Crippen LogP contribution >= 0.6 is 22.9 Å². The van der Waals surface area contributed by atoms with Gasteiger partial charge in [-0.25, -0.2) is 4.79 Å². The van der Waals surface area contributed by atoms with Gasteiger partial charge in [0.2, 0.25) is 0 Å². The Morgan fingerprint density at radius 2 is 2.26 bits per heavy atom. The third-order valence-corrected chi connectivity index (χ3v) is 4.18. The van der Waals surface area contributed by atoms with Crippen LogP contribution in [0.2, 0.25) is 4.34 Å². The lowest BCUT2D eigenvalue weighted by Crippen LogP contribution is -2.43. The van der Waals surface area contributed by atoms with Crippen LogP contribution in [0.25, 0.3) is 0 Å². The molecule has 2 atom stereocenters. The molecule has 2 heterocycles. The minimum Gasteiger partial charge on any atom is -0.465 e. The lowest BCUT2D eigenvalue weighted by atomic mass is 10.2. The van der Waals surface area contributed by atoms with E-state index in [4.69, 9.17) is 21.4 Å². The zero-order valence-corrected chi connectivity index (χ0v) is 11.7. The Kier molecular flexibility index (Phi) is 4.28. The average molecular weight is 305 g/mol. The summed E-state index contributed by atoms with van der Waals surface area (Å²) in [6.07, 6.45) is -1.35. The SMILES string of the molecule is CO[C@@H]1CN(C(=O)O)C[C@H]1NC(=O)c1ccc(Cl)s1. The number of nitrogens with one attached hydrogen (secondary N) is 1. The Labute approximate surface area is 118 Å². The molecule has 1 fully saturated rings. The number of nitrogens with zero attached hydrogens (tertiary/aromatic N) is 1. The molecule has 8 heteroatoms. The summed E-state index contributed by atoms with van der Waals surface area (Å²) in [7, 11) is 1.50. The van der Waals surface area contributed by atoms with E-state index in [2.05, 4.69) is 5.32 Å². The molecule has 2 amide bonds. The Morgan fingerprint density at radius 3 is 2.79 bits per heavy atom. The van der Waals surface area contributed by atoms with E-state index < -0.39 is 6.09 Å². The van der Waals surface area contributed by atoms with Gasteiger partial charge >= 0.3 is 6.09 Å². The van der Waals surface area contributed by atoms with Crippen LogP contribution in [0.3, 0.4) is 0 Å². The van der Waals surface area contributed by atoms with Crippen LogP contribution in [-0.4, -0.2) is 54.4 Å². The van der Waals surface area contributed by atoms with Crippen molar-refractivity contribution in [2.45, 2.75) is 12.1 Å². The highest BCUT2D eigenvalue weighted by atomic mass is 35.5. The van der Waals surface area contributed by atoms with Crippen molar-refractivity contribution in [3.63, 3.8) is 0 Å². The van der Waals surface area contributed by atoms with Crippen molar-refractivity contribution in [1.29, 1.82) is 0 Å². The number of carboxylic acid groups (broad SMARTS) is 1. The van der Waals surface area contributed by atoms with Gasteiger partial charge in [0.15, 0.2) is 0 Å². The van der Waals surface area contributed by atoms with Gasteiger partial charge < -0.3 is 20.1 Å². The third-order valence-electron chi connectivity index (χ3n) is 2.95. The molecule has 0 aliphatic carbocycles. The number of thiophene rings is 1. The van der Waals surface area contributed by atoms with Gasteiger partial charge in [-0.1, -0.05) is 11.6 Å². The van der Waals surface area contributed by atoms with Crippen molar-refractivity contribution in [2.24, 2.45) is 0 Å². The van der Waals surface area contributed by atoms with Crippen molar-refractivity contribution in [3.05, 3.63) is 21.3 Å². The number of likely N-dealkylation sites (tertiary alicyclic amines) is 1. The van der Waals surface area contributed by atoms with Gasteiger partial charge in [0, 0.05) is 13.7 Å². The second-order valence-electron chi connectivity index (χ2n) is 4.15. The lowest BCUT2D eigenvalue weighted by Gasteiger charge is -2.17. The number of hydrogen-bond acceptors (Lipinski definition) is 4. The fourth-order valence-electron chi connectivity index (χ4n) is 1.98. The van der Waals surface area contributed by atoms with Gasteiger partial charge in [-0.3, -0.25) is 4.79 Å².